The van der Waals surface area contributed by atoms with Crippen LogP contribution in [-0.4, -0.2) is 37.4 Å². The van der Waals surface area contributed by atoms with Crippen molar-refractivity contribution in [3.63, 3.8) is 0 Å². The van der Waals surface area contributed by atoms with E-state index in [0.717, 1.165) is 0 Å². The van der Waals surface area contributed by atoms with E-state index in [1.165, 1.54) is 13.2 Å². The van der Waals surface area contributed by atoms with Crippen molar-refractivity contribution in [2.75, 3.05) is 20.3 Å². The van der Waals surface area contributed by atoms with Gasteiger partial charge in [-0.15, -0.1) is 6.58 Å². The van der Waals surface area contributed by atoms with Gasteiger partial charge in [0.1, 0.15) is 0 Å². The predicted octanol–water partition coefficient (Wildman–Crippen LogP) is 2.07. The standard InChI is InChI=1S/C17H20O6/c1-3-12-11-17(12,15(19)21-2)16(20)23-10-6-9-22-14-8-5-4-7-13(14)18/h3-5,7-8,12,18H,1,6,9-11H2,2H3. The lowest BCUT2D eigenvalue weighted by atomic mass is 10.0. The number of carbonyl (C=O) groups is 2. The van der Waals surface area contributed by atoms with Crippen LogP contribution in [0, 0.1) is 11.3 Å². The van der Waals surface area contributed by atoms with E-state index in [-0.39, 0.29) is 24.9 Å². The Hall–Kier alpha value is -2.50. The van der Waals surface area contributed by atoms with Crippen LogP contribution >= 0.6 is 0 Å². The van der Waals surface area contributed by atoms with Gasteiger partial charge in [-0.2, -0.15) is 0 Å². The lowest BCUT2D eigenvalue weighted by Crippen LogP contribution is -2.31. The van der Waals surface area contributed by atoms with Crippen LogP contribution in [0.3, 0.4) is 0 Å². The molecule has 1 saturated carbocycles. The van der Waals surface area contributed by atoms with Crippen LogP contribution in [-0.2, 0) is 19.1 Å². The second-order valence-corrected chi connectivity index (χ2v) is 5.31. The van der Waals surface area contributed by atoms with Gasteiger partial charge in [-0.1, -0.05) is 18.2 Å². The molecule has 0 amide bonds. The number of phenols is 1. The number of para-hydroxylation sites is 2. The van der Waals surface area contributed by atoms with E-state index in [1.807, 2.05) is 0 Å². The Bertz CT molecular complexity index is 597. The van der Waals surface area contributed by atoms with Crippen LogP contribution in [0.2, 0.25) is 0 Å². The minimum atomic E-state index is -1.23. The van der Waals surface area contributed by atoms with E-state index in [1.54, 1.807) is 24.3 Å². The molecule has 0 aliphatic heterocycles. The Balaban J connectivity index is 1.76. The number of carbonyl (C=O) groups excluding carboxylic acids is 2. The smallest absolute Gasteiger partial charge is 0.324 e. The molecule has 6 heteroatoms. The van der Waals surface area contributed by atoms with Gasteiger partial charge < -0.3 is 19.3 Å². The third-order valence-corrected chi connectivity index (χ3v) is 3.86. The first-order valence-electron chi connectivity index (χ1n) is 7.35. The molecule has 1 aliphatic rings. The highest BCUT2D eigenvalue weighted by Crippen LogP contribution is 2.55. The van der Waals surface area contributed by atoms with E-state index in [2.05, 4.69) is 11.3 Å². The molecule has 23 heavy (non-hydrogen) atoms. The molecule has 6 nitrogen and oxygen atoms in total. The molecule has 1 aromatic carbocycles. The largest absolute Gasteiger partial charge is 0.504 e. The Morgan fingerprint density at radius 1 is 1.35 bits per heavy atom. The molecular formula is C17H20O6. The number of hydrogen-bond donors (Lipinski definition) is 1. The van der Waals surface area contributed by atoms with Crippen molar-refractivity contribution in [2.24, 2.45) is 11.3 Å². The number of hydrogen-bond acceptors (Lipinski definition) is 6. The van der Waals surface area contributed by atoms with Crippen LogP contribution in [0.15, 0.2) is 36.9 Å². The minimum absolute atomic E-state index is 0.0564. The zero-order valence-electron chi connectivity index (χ0n) is 13.0. The molecule has 1 aromatic rings. The number of esters is 2. The van der Waals surface area contributed by atoms with Crippen molar-refractivity contribution in [3.05, 3.63) is 36.9 Å². The molecule has 0 radical (unpaired) electrons. The average molecular weight is 320 g/mol. The molecule has 0 bridgehead atoms. The van der Waals surface area contributed by atoms with Crippen LogP contribution in [0.1, 0.15) is 12.8 Å². The van der Waals surface area contributed by atoms with E-state index < -0.39 is 17.4 Å². The van der Waals surface area contributed by atoms with Crippen LogP contribution in [0.4, 0.5) is 0 Å². The van der Waals surface area contributed by atoms with Gasteiger partial charge in [-0.25, -0.2) is 0 Å². The van der Waals surface area contributed by atoms with Crippen molar-refractivity contribution in [3.8, 4) is 11.5 Å². The summed E-state index contributed by atoms with van der Waals surface area (Å²) in [6.45, 7) is 4.01. The van der Waals surface area contributed by atoms with Crippen molar-refractivity contribution in [2.45, 2.75) is 12.8 Å². The fourth-order valence-electron chi connectivity index (χ4n) is 2.42. The molecule has 2 atom stereocenters. The highest BCUT2D eigenvalue weighted by Gasteiger charge is 2.66. The Kier molecular flexibility index (Phi) is 5.26. The maximum absolute atomic E-state index is 12.1. The summed E-state index contributed by atoms with van der Waals surface area (Å²) in [4.78, 5) is 23.9. The molecule has 2 rings (SSSR count). The van der Waals surface area contributed by atoms with Crippen molar-refractivity contribution < 1.29 is 28.9 Å². The molecular weight excluding hydrogens is 300 g/mol. The first kappa shape index (κ1) is 16.9. The van der Waals surface area contributed by atoms with E-state index in [0.29, 0.717) is 18.6 Å². The Morgan fingerprint density at radius 2 is 2.09 bits per heavy atom. The summed E-state index contributed by atoms with van der Waals surface area (Å²) in [5.41, 5.74) is -1.23. The molecule has 0 spiro atoms. The number of ether oxygens (including phenoxy) is 3. The quantitative estimate of drug-likeness (QED) is 0.342. The molecule has 0 aromatic heterocycles. The molecule has 1 aliphatic carbocycles. The summed E-state index contributed by atoms with van der Waals surface area (Å²) in [6, 6.07) is 6.62. The fraction of sp³-hybridized carbons (Fsp3) is 0.412. The second kappa shape index (κ2) is 7.17. The normalized spacial score (nSPS) is 22.0. The summed E-state index contributed by atoms with van der Waals surface area (Å²) in [5, 5.41) is 9.54. The monoisotopic (exact) mass is 320 g/mol. The summed E-state index contributed by atoms with van der Waals surface area (Å²) in [7, 11) is 1.25. The fourth-order valence-corrected chi connectivity index (χ4v) is 2.42. The third kappa shape index (κ3) is 3.47. The van der Waals surface area contributed by atoms with Gasteiger partial charge in [0.15, 0.2) is 16.9 Å². The molecule has 2 unspecified atom stereocenters. The molecule has 1 N–H and O–H groups in total. The number of phenolic OH excluding ortho intramolecular Hbond substituents is 1. The van der Waals surface area contributed by atoms with E-state index in [9.17, 15) is 14.7 Å². The van der Waals surface area contributed by atoms with Gasteiger partial charge >= 0.3 is 11.9 Å². The maximum atomic E-state index is 12.1. The first-order valence-corrected chi connectivity index (χ1v) is 7.35. The maximum Gasteiger partial charge on any atom is 0.324 e. The lowest BCUT2D eigenvalue weighted by Gasteiger charge is -2.13. The topological polar surface area (TPSA) is 82.1 Å². The van der Waals surface area contributed by atoms with E-state index >= 15 is 0 Å². The molecule has 124 valence electrons. The van der Waals surface area contributed by atoms with Crippen molar-refractivity contribution >= 4 is 11.9 Å². The predicted molar refractivity (Wildman–Crippen MR) is 81.9 cm³/mol. The zero-order chi connectivity index (χ0) is 16.9. The van der Waals surface area contributed by atoms with Gasteiger partial charge in [0.05, 0.1) is 20.3 Å². The minimum Gasteiger partial charge on any atom is -0.504 e. The van der Waals surface area contributed by atoms with Gasteiger partial charge in [-0.05, 0) is 18.6 Å². The SMILES string of the molecule is C=CC1CC1(C(=O)OC)C(=O)OCCCOc1ccccc1O. The Morgan fingerprint density at radius 3 is 2.70 bits per heavy atom. The van der Waals surface area contributed by atoms with Crippen LogP contribution in [0.5, 0.6) is 11.5 Å². The molecule has 0 saturated heterocycles. The molecule has 0 heterocycles. The number of methoxy groups -OCH3 is 1. The van der Waals surface area contributed by atoms with Gasteiger partial charge in [0, 0.05) is 12.3 Å². The third-order valence-electron chi connectivity index (χ3n) is 3.86. The highest BCUT2D eigenvalue weighted by molar-refractivity contribution is 6.04. The van der Waals surface area contributed by atoms with Gasteiger partial charge in [0.25, 0.3) is 0 Å². The number of rotatable bonds is 8. The van der Waals surface area contributed by atoms with Crippen molar-refractivity contribution in [1.82, 2.24) is 0 Å². The highest BCUT2D eigenvalue weighted by atomic mass is 16.6. The van der Waals surface area contributed by atoms with Crippen LogP contribution in [0.25, 0.3) is 0 Å². The van der Waals surface area contributed by atoms with Gasteiger partial charge in [0.2, 0.25) is 0 Å². The van der Waals surface area contributed by atoms with Crippen molar-refractivity contribution in [1.29, 1.82) is 0 Å². The second-order valence-electron chi connectivity index (χ2n) is 5.31. The summed E-state index contributed by atoms with van der Waals surface area (Å²) in [5.74, 6) is -0.977. The number of allylic oxidation sites excluding steroid dienone is 1. The molecule has 1 fully saturated rings. The van der Waals surface area contributed by atoms with Crippen LogP contribution < -0.4 is 4.74 Å². The average Bonchev–Trinajstić information content (AvgIpc) is 3.31. The van der Waals surface area contributed by atoms with Gasteiger partial charge in [-0.3, -0.25) is 9.59 Å². The zero-order valence-corrected chi connectivity index (χ0v) is 13.0. The first-order chi connectivity index (χ1) is 11.1. The van der Waals surface area contributed by atoms with E-state index in [4.69, 9.17) is 9.47 Å². The summed E-state index contributed by atoms with van der Waals surface area (Å²) in [6.07, 6.45) is 2.38. The number of aromatic hydroxyl groups is 1. The summed E-state index contributed by atoms with van der Waals surface area (Å²) >= 11 is 0. The lowest BCUT2D eigenvalue weighted by molar-refractivity contribution is -0.163. The number of benzene rings is 1. The summed E-state index contributed by atoms with van der Waals surface area (Å²) < 4.78 is 15.2. The Labute approximate surface area is 134 Å².